The normalized spacial score (nSPS) is 11.3. The van der Waals surface area contributed by atoms with Crippen molar-refractivity contribution in [1.82, 2.24) is 0 Å². The Hall–Kier alpha value is -8.72. The lowest BCUT2D eigenvalue weighted by Gasteiger charge is -2.28. The number of nitrogens with zero attached hydrogens (tertiary/aromatic N) is 2. The van der Waals surface area contributed by atoms with E-state index in [2.05, 4.69) is 277 Å². The molecule has 12 rings (SSSR count). The molecule has 0 atom stereocenters. The molecule has 310 valence electrons. The van der Waals surface area contributed by atoms with Crippen LogP contribution in [0.5, 0.6) is 0 Å². The van der Waals surface area contributed by atoms with Gasteiger partial charge in [0.15, 0.2) is 0 Å². The second kappa shape index (κ2) is 16.8. The molecule has 11 aromatic rings. The highest BCUT2D eigenvalue weighted by molar-refractivity contribution is 6.19. The van der Waals surface area contributed by atoms with Gasteiger partial charge in [-0.25, -0.2) is 0 Å². The van der Waals surface area contributed by atoms with Crippen molar-refractivity contribution in [2.75, 3.05) is 9.80 Å². The van der Waals surface area contributed by atoms with Crippen LogP contribution in [0.2, 0.25) is 0 Å². The molecule has 0 radical (unpaired) electrons. The minimum absolute atomic E-state index is 1.09. The summed E-state index contributed by atoms with van der Waals surface area (Å²) in [6.45, 7) is 0. The molecule has 0 unspecified atom stereocenters. The maximum atomic E-state index is 2.41. The molecule has 1 aliphatic rings. The quantitative estimate of drug-likeness (QED) is 0.135. The Balaban J connectivity index is 0.899. The molecule has 0 heterocycles. The standard InChI is InChI=1S/C64H44N2/c1-4-13-45(14-5-1)48-23-33-53(34-24-48)65(54-35-25-49(26-36-54)46-15-6-2-7-16-46)55-37-27-51(28-38-55)52-31-41-57(42-32-52)66(56-39-29-50(30-40-56)47-17-8-3-9-18-47)63-44-43-61-59-20-11-10-19-58(59)60-21-12-22-62(63)64(60)61/h1-44H. The van der Waals surface area contributed by atoms with Gasteiger partial charge in [0.1, 0.15) is 0 Å². The highest BCUT2D eigenvalue weighted by Crippen LogP contribution is 2.51. The fourth-order valence-electron chi connectivity index (χ4n) is 9.77. The topological polar surface area (TPSA) is 6.48 Å². The Labute approximate surface area is 386 Å². The van der Waals surface area contributed by atoms with E-state index in [-0.39, 0.29) is 0 Å². The second-order valence-electron chi connectivity index (χ2n) is 16.9. The van der Waals surface area contributed by atoms with E-state index < -0.39 is 0 Å². The maximum Gasteiger partial charge on any atom is 0.0540 e. The Bertz CT molecular complexity index is 3340. The first-order chi connectivity index (χ1) is 32.7. The molecular formula is C64H44N2. The average molecular weight is 841 g/mol. The van der Waals surface area contributed by atoms with Crippen molar-refractivity contribution < 1.29 is 0 Å². The van der Waals surface area contributed by atoms with Gasteiger partial charge in [0.25, 0.3) is 0 Å². The average Bonchev–Trinajstić information content (AvgIpc) is 3.73. The largest absolute Gasteiger partial charge is 0.311 e. The first-order valence-electron chi connectivity index (χ1n) is 22.7. The van der Waals surface area contributed by atoms with Crippen LogP contribution in [0, 0.1) is 0 Å². The number of anilines is 6. The predicted octanol–water partition coefficient (Wildman–Crippen LogP) is 18.1. The van der Waals surface area contributed by atoms with Crippen LogP contribution in [0.1, 0.15) is 0 Å². The first-order valence-corrected chi connectivity index (χ1v) is 22.7. The predicted molar refractivity (Wildman–Crippen MR) is 279 cm³/mol. The SMILES string of the molecule is c1ccc(-c2ccc(N(c3ccc(-c4ccccc4)cc3)c3ccc(-c4ccc(N(c5ccc(-c6ccccc6)cc5)c5ccc6c7c(cccc57)-c5ccccc5-6)cc4)cc3)cc2)cc1. The Morgan fingerprint density at radius 1 is 0.182 bits per heavy atom. The number of fused-ring (bicyclic) bond motifs is 3. The van der Waals surface area contributed by atoms with Gasteiger partial charge in [-0.15, -0.1) is 0 Å². The van der Waals surface area contributed by atoms with E-state index in [0.717, 1.165) is 45.3 Å². The van der Waals surface area contributed by atoms with Crippen LogP contribution >= 0.6 is 0 Å². The van der Waals surface area contributed by atoms with Gasteiger partial charge in [-0.2, -0.15) is 0 Å². The summed E-state index contributed by atoms with van der Waals surface area (Å²) in [5.74, 6) is 0. The Kier molecular flexibility index (Phi) is 9.89. The van der Waals surface area contributed by atoms with E-state index in [4.69, 9.17) is 0 Å². The molecule has 0 amide bonds. The van der Waals surface area contributed by atoms with Gasteiger partial charge in [-0.3, -0.25) is 0 Å². The third-order valence-corrected chi connectivity index (χ3v) is 13.0. The summed E-state index contributed by atoms with van der Waals surface area (Å²) in [6.07, 6.45) is 0. The van der Waals surface area contributed by atoms with Crippen LogP contribution in [0.4, 0.5) is 34.1 Å². The van der Waals surface area contributed by atoms with Crippen molar-refractivity contribution in [2.24, 2.45) is 0 Å². The van der Waals surface area contributed by atoms with E-state index in [1.807, 2.05) is 0 Å². The van der Waals surface area contributed by atoms with Crippen molar-refractivity contribution in [1.29, 1.82) is 0 Å². The summed E-state index contributed by atoms with van der Waals surface area (Å²) in [4.78, 5) is 4.76. The minimum Gasteiger partial charge on any atom is -0.311 e. The van der Waals surface area contributed by atoms with Gasteiger partial charge >= 0.3 is 0 Å². The van der Waals surface area contributed by atoms with Crippen molar-refractivity contribution >= 4 is 44.9 Å². The molecule has 1 aliphatic carbocycles. The molecule has 0 saturated carbocycles. The molecule has 0 N–H and O–H groups in total. The molecule has 0 bridgehead atoms. The summed E-state index contributed by atoms with van der Waals surface area (Å²) in [6, 6.07) is 96.7. The van der Waals surface area contributed by atoms with Gasteiger partial charge in [0.05, 0.1) is 5.69 Å². The first kappa shape index (κ1) is 38.9. The van der Waals surface area contributed by atoms with E-state index >= 15 is 0 Å². The van der Waals surface area contributed by atoms with Crippen LogP contribution in [0.3, 0.4) is 0 Å². The summed E-state index contributed by atoms with van der Waals surface area (Å²) >= 11 is 0. The van der Waals surface area contributed by atoms with Gasteiger partial charge in [-0.05, 0) is 139 Å². The zero-order chi connectivity index (χ0) is 43.8. The summed E-state index contributed by atoms with van der Waals surface area (Å²) in [5.41, 5.74) is 21.4. The number of benzene rings is 11. The molecule has 2 nitrogen and oxygen atoms in total. The highest BCUT2D eigenvalue weighted by Gasteiger charge is 2.25. The molecular weight excluding hydrogens is 797 g/mol. The van der Waals surface area contributed by atoms with Crippen molar-refractivity contribution in [3.8, 4) is 66.8 Å². The lowest BCUT2D eigenvalue weighted by molar-refractivity contribution is 1.28. The summed E-state index contributed by atoms with van der Waals surface area (Å²) in [7, 11) is 0. The third kappa shape index (κ3) is 7.12. The maximum absolute atomic E-state index is 2.41. The van der Waals surface area contributed by atoms with E-state index in [1.54, 1.807) is 0 Å². The van der Waals surface area contributed by atoms with Gasteiger partial charge in [0, 0.05) is 33.8 Å². The molecule has 0 aliphatic heterocycles. The fourth-order valence-corrected chi connectivity index (χ4v) is 9.77. The fraction of sp³-hybridized carbons (Fsp3) is 0. The molecule has 66 heavy (non-hydrogen) atoms. The second-order valence-corrected chi connectivity index (χ2v) is 16.9. The van der Waals surface area contributed by atoms with Crippen LogP contribution < -0.4 is 9.80 Å². The van der Waals surface area contributed by atoms with Crippen LogP contribution in [0.25, 0.3) is 77.5 Å². The zero-order valence-corrected chi connectivity index (χ0v) is 36.3. The summed E-state index contributed by atoms with van der Waals surface area (Å²) < 4.78 is 0. The minimum atomic E-state index is 1.09. The summed E-state index contributed by atoms with van der Waals surface area (Å²) in [5, 5.41) is 2.55. The Morgan fingerprint density at radius 2 is 0.470 bits per heavy atom. The number of hydrogen-bond donors (Lipinski definition) is 0. The monoisotopic (exact) mass is 840 g/mol. The van der Waals surface area contributed by atoms with Crippen molar-refractivity contribution in [2.45, 2.75) is 0 Å². The van der Waals surface area contributed by atoms with Gasteiger partial charge in [0.2, 0.25) is 0 Å². The molecule has 0 fully saturated rings. The van der Waals surface area contributed by atoms with Crippen LogP contribution in [-0.2, 0) is 0 Å². The lowest BCUT2D eigenvalue weighted by Crippen LogP contribution is -2.10. The van der Waals surface area contributed by atoms with E-state index in [1.165, 1.54) is 66.4 Å². The third-order valence-electron chi connectivity index (χ3n) is 13.0. The molecule has 0 saturated heterocycles. The molecule has 0 aromatic heterocycles. The van der Waals surface area contributed by atoms with Crippen LogP contribution in [-0.4, -0.2) is 0 Å². The van der Waals surface area contributed by atoms with E-state index in [9.17, 15) is 0 Å². The molecule has 2 heteroatoms. The zero-order valence-electron chi connectivity index (χ0n) is 36.3. The Morgan fingerprint density at radius 3 is 0.833 bits per heavy atom. The van der Waals surface area contributed by atoms with E-state index in [0.29, 0.717) is 0 Å². The highest BCUT2D eigenvalue weighted by atomic mass is 15.1. The van der Waals surface area contributed by atoms with Gasteiger partial charge < -0.3 is 9.80 Å². The number of hydrogen-bond acceptors (Lipinski definition) is 2. The molecule has 0 spiro atoms. The van der Waals surface area contributed by atoms with Gasteiger partial charge in [-0.1, -0.05) is 200 Å². The van der Waals surface area contributed by atoms with Crippen LogP contribution in [0.15, 0.2) is 267 Å². The van der Waals surface area contributed by atoms with Crippen molar-refractivity contribution in [3.63, 3.8) is 0 Å². The smallest absolute Gasteiger partial charge is 0.0540 e. The molecule has 11 aromatic carbocycles. The number of rotatable bonds is 10. The van der Waals surface area contributed by atoms with Crippen molar-refractivity contribution in [3.05, 3.63) is 267 Å². The lowest BCUT2D eigenvalue weighted by atomic mass is 9.99.